The van der Waals surface area contributed by atoms with Crippen molar-refractivity contribution in [3.63, 3.8) is 0 Å². The van der Waals surface area contributed by atoms with Crippen molar-refractivity contribution in [3.8, 4) is 0 Å². The molecule has 0 fully saturated rings. The van der Waals surface area contributed by atoms with Crippen LogP contribution in [0.1, 0.15) is 24.5 Å². The summed E-state index contributed by atoms with van der Waals surface area (Å²) < 4.78 is 0. The molecule has 4 nitrogen and oxygen atoms in total. The van der Waals surface area contributed by atoms with Gasteiger partial charge < -0.3 is 10.6 Å². The van der Waals surface area contributed by atoms with Gasteiger partial charge in [-0.3, -0.25) is 0 Å². The van der Waals surface area contributed by atoms with Gasteiger partial charge in [-0.2, -0.15) is 5.10 Å². The Morgan fingerprint density at radius 3 is 2.74 bits per heavy atom. The largest absolute Gasteiger partial charge is 0.398 e. The average molecular weight is 256 g/mol. The second kappa shape index (κ2) is 6.18. The van der Waals surface area contributed by atoms with Gasteiger partial charge in [0.1, 0.15) is 0 Å². The number of aryl methyl sites for hydroxylation is 1. The number of hydrogen-bond acceptors (Lipinski definition) is 4. The van der Waals surface area contributed by atoms with E-state index in [1.165, 1.54) is 0 Å². The molecule has 100 valence electrons. The summed E-state index contributed by atoms with van der Waals surface area (Å²) in [7, 11) is 0. The molecule has 1 aromatic carbocycles. The van der Waals surface area contributed by atoms with Crippen LogP contribution in [0.2, 0.25) is 0 Å². The van der Waals surface area contributed by atoms with Gasteiger partial charge >= 0.3 is 0 Å². The van der Waals surface area contributed by atoms with Gasteiger partial charge in [-0.1, -0.05) is 25.1 Å². The van der Waals surface area contributed by atoms with Crippen LogP contribution in [-0.2, 0) is 6.54 Å². The molecule has 1 heterocycles. The minimum atomic E-state index is 0.763. The van der Waals surface area contributed by atoms with Crippen LogP contribution in [0.15, 0.2) is 36.5 Å². The van der Waals surface area contributed by atoms with Gasteiger partial charge in [0.05, 0.1) is 6.20 Å². The maximum Gasteiger partial charge on any atom is 0.151 e. The molecule has 0 unspecified atom stereocenters. The molecule has 0 saturated carbocycles. The standard InChI is InChI=1S/C15H20N4/c1-3-8-19(15-9-12(2)10-17-18-15)11-13-6-4-5-7-14(13)16/h4-7,9-10H,3,8,11,16H2,1-2H3. The first-order valence-electron chi connectivity index (χ1n) is 6.58. The third kappa shape index (κ3) is 3.44. The molecule has 2 N–H and O–H groups in total. The van der Waals surface area contributed by atoms with Crippen molar-refractivity contribution in [2.45, 2.75) is 26.8 Å². The fourth-order valence-corrected chi connectivity index (χ4v) is 2.03. The molecule has 0 aliphatic rings. The van der Waals surface area contributed by atoms with Crippen molar-refractivity contribution in [2.75, 3.05) is 17.2 Å². The topological polar surface area (TPSA) is 55.0 Å². The van der Waals surface area contributed by atoms with Crippen molar-refractivity contribution < 1.29 is 0 Å². The first kappa shape index (κ1) is 13.3. The first-order chi connectivity index (χ1) is 9.20. The van der Waals surface area contributed by atoms with Crippen molar-refractivity contribution >= 4 is 11.5 Å². The van der Waals surface area contributed by atoms with E-state index in [1.54, 1.807) is 6.20 Å². The smallest absolute Gasteiger partial charge is 0.151 e. The molecule has 0 spiro atoms. The summed E-state index contributed by atoms with van der Waals surface area (Å²) in [6.07, 6.45) is 2.83. The van der Waals surface area contributed by atoms with Crippen molar-refractivity contribution in [1.82, 2.24) is 10.2 Å². The molecule has 2 rings (SSSR count). The maximum absolute atomic E-state index is 6.01. The fourth-order valence-electron chi connectivity index (χ4n) is 2.03. The average Bonchev–Trinajstić information content (AvgIpc) is 2.40. The van der Waals surface area contributed by atoms with Gasteiger partial charge in [0.2, 0.25) is 0 Å². The van der Waals surface area contributed by atoms with E-state index in [-0.39, 0.29) is 0 Å². The van der Waals surface area contributed by atoms with Crippen molar-refractivity contribution in [2.24, 2.45) is 0 Å². The number of benzene rings is 1. The van der Waals surface area contributed by atoms with E-state index >= 15 is 0 Å². The molecule has 0 radical (unpaired) electrons. The zero-order valence-electron chi connectivity index (χ0n) is 11.5. The Labute approximate surface area is 114 Å². The van der Waals surface area contributed by atoms with Crippen LogP contribution in [0.3, 0.4) is 0 Å². The Morgan fingerprint density at radius 2 is 2.05 bits per heavy atom. The summed E-state index contributed by atoms with van der Waals surface area (Å²) in [5.41, 5.74) is 9.08. The monoisotopic (exact) mass is 256 g/mol. The second-order valence-corrected chi connectivity index (χ2v) is 4.71. The number of aromatic nitrogens is 2. The number of nitrogens with two attached hydrogens (primary N) is 1. The molecule has 0 bridgehead atoms. The van der Waals surface area contributed by atoms with E-state index in [0.717, 1.165) is 42.1 Å². The Kier molecular flexibility index (Phi) is 4.34. The van der Waals surface area contributed by atoms with Crippen molar-refractivity contribution in [3.05, 3.63) is 47.7 Å². The van der Waals surface area contributed by atoms with Gasteiger partial charge in [-0.25, -0.2) is 0 Å². The number of nitrogens with zero attached hydrogens (tertiary/aromatic N) is 3. The van der Waals surface area contributed by atoms with Gasteiger partial charge in [-0.05, 0) is 36.6 Å². The summed E-state index contributed by atoms with van der Waals surface area (Å²) in [6.45, 7) is 5.88. The minimum absolute atomic E-state index is 0.763. The van der Waals surface area contributed by atoms with Gasteiger partial charge in [0, 0.05) is 18.8 Å². The molecular weight excluding hydrogens is 236 g/mol. The molecule has 0 saturated heterocycles. The Balaban J connectivity index is 2.24. The predicted octanol–water partition coefficient (Wildman–Crippen LogP) is 2.78. The molecule has 2 aromatic rings. The molecule has 0 amide bonds. The van der Waals surface area contributed by atoms with E-state index in [9.17, 15) is 0 Å². The highest BCUT2D eigenvalue weighted by Gasteiger charge is 2.10. The highest BCUT2D eigenvalue weighted by molar-refractivity contribution is 5.49. The van der Waals surface area contributed by atoms with Crippen LogP contribution in [0.4, 0.5) is 11.5 Å². The number of nitrogen functional groups attached to an aromatic ring is 1. The zero-order chi connectivity index (χ0) is 13.7. The third-order valence-corrected chi connectivity index (χ3v) is 3.01. The van der Waals surface area contributed by atoms with Gasteiger partial charge in [0.25, 0.3) is 0 Å². The van der Waals surface area contributed by atoms with E-state index in [1.807, 2.05) is 25.1 Å². The van der Waals surface area contributed by atoms with Gasteiger partial charge in [0.15, 0.2) is 5.82 Å². The van der Waals surface area contributed by atoms with E-state index in [0.29, 0.717) is 0 Å². The number of anilines is 2. The van der Waals surface area contributed by atoms with E-state index in [2.05, 4.69) is 34.2 Å². The van der Waals surface area contributed by atoms with E-state index in [4.69, 9.17) is 5.73 Å². The summed E-state index contributed by atoms with van der Waals surface area (Å²) in [4.78, 5) is 2.21. The summed E-state index contributed by atoms with van der Waals surface area (Å²) in [5.74, 6) is 0.908. The molecule has 19 heavy (non-hydrogen) atoms. The highest BCUT2D eigenvalue weighted by atomic mass is 15.3. The first-order valence-corrected chi connectivity index (χ1v) is 6.58. The van der Waals surface area contributed by atoms with Crippen LogP contribution >= 0.6 is 0 Å². The zero-order valence-corrected chi connectivity index (χ0v) is 11.5. The van der Waals surface area contributed by atoms with Gasteiger partial charge in [-0.15, -0.1) is 5.10 Å². The lowest BCUT2D eigenvalue weighted by atomic mass is 10.1. The van der Waals surface area contributed by atoms with Crippen LogP contribution < -0.4 is 10.6 Å². The lowest BCUT2D eigenvalue weighted by Crippen LogP contribution is -2.25. The SMILES string of the molecule is CCCN(Cc1ccccc1N)c1cc(C)cnn1. The normalized spacial score (nSPS) is 10.4. The number of para-hydroxylation sites is 1. The van der Waals surface area contributed by atoms with E-state index < -0.39 is 0 Å². The van der Waals surface area contributed by atoms with Crippen molar-refractivity contribution in [1.29, 1.82) is 0 Å². The fraction of sp³-hybridized carbons (Fsp3) is 0.333. The summed E-state index contributed by atoms with van der Waals surface area (Å²) >= 11 is 0. The molecule has 0 aliphatic heterocycles. The Hall–Kier alpha value is -2.10. The summed E-state index contributed by atoms with van der Waals surface area (Å²) in [5, 5.41) is 8.25. The quantitative estimate of drug-likeness (QED) is 0.836. The molecule has 1 aromatic heterocycles. The Morgan fingerprint density at radius 1 is 1.26 bits per heavy atom. The lowest BCUT2D eigenvalue weighted by Gasteiger charge is -2.23. The van der Waals surface area contributed by atoms with Crippen LogP contribution in [0, 0.1) is 6.92 Å². The Bertz CT molecular complexity index is 539. The lowest BCUT2D eigenvalue weighted by molar-refractivity contribution is 0.744. The molecule has 4 heteroatoms. The molecule has 0 aliphatic carbocycles. The molecule has 0 atom stereocenters. The second-order valence-electron chi connectivity index (χ2n) is 4.71. The van der Waals surface area contributed by atoms with Crippen LogP contribution in [0.25, 0.3) is 0 Å². The number of hydrogen-bond donors (Lipinski definition) is 1. The predicted molar refractivity (Wildman–Crippen MR) is 79.0 cm³/mol. The number of rotatable bonds is 5. The third-order valence-electron chi connectivity index (χ3n) is 3.01. The minimum Gasteiger partial charge on any atom is -0.398 e. The summed E-state index contributed by atoms with van der Waals surface area (Å²) in [6, 6.07) is 10.0. The maximum atomic E-state index is 6.01. The van der Waals surface area contributed by atoms with Crippen LogP contribution in [-0.4, -0.2) is 16.7 Å². The highest BCUT2D eigenvalue weighted by Crippen LogP contribution is 2.18. The van der Waals surface area contributed by atoms with Crippen LogP contribution in [0.5, 0.6) is 0 Å². The molecular formula is C15H20N4.